The fourth-order valence-corrected chi connectivity index (χ4v) is 4.10. The van der Waals surface area contributed by atoms with E-state index in [1.165, 1.54) is 33.6 Å². The number of hydrogen-bond acceptors (Lipinski definition) is 7. The Morgan fingerprint density at radius 2 is 2.04 bits per heavy atom. The van der Waals surface area contributed by atoms with Crippen LogP contribution in [-0.4, -0.2) is 31.4 Å². The number of carbonyl (C=O) groups excluding carboxylic acids is 1. The number of aryl methyl sites for hydroxylation is 1. The maximum absolute atomic E-state index is 11.9. The SMILES string of the molecule is Cc1ccc(SCc2nnc(SCC(=O)Nc3nccs3)n2C)cc1. The van der Waals surface area contributed by atoms with E-state index in [1.807, 2.05) is 17.0 Å². The molecule has 1 aromatic carbocycles. The van der Waals surface area contributed by atoms with Gasteiger partial charge in [-0.15, -0.1) is 33.3 Å². The van der Waals surface area contributed by atoms with E-state index in [1.54, 1.807) is 18.0 Å². The Kier molecular flexibility index (Phi) is 6.11. The molecule has 0 atom stereocenters. The molecule has 1 amide bonds. The van der Waals surface area contributed by atoms with Crippen LogP contribution in [0.4, 0.5) is 5.13 Å². The second-order valence-electron chi connectivity index (χ2n) is 5.23. The van der Waals surface area contributed by atoms with Gasteiger partial charge < -0.3 is 9.88 Å². The van der Waals surface area contributed by atoms with Crippen LogP contribution >= 0.6 is 34.9 Å². The smallest absolute Gasteiger partial charge is 0.236 e. The maximum atomic E-state index is 11.9. The summed E-state index contributed by atoms with van der Waals surface area (Å²) in [5.74, 6) is 1.79. The Bertz CT molecular complexity index is 830. The first-order valence-corrected chi connectivity index (χ1v) is 10.4. The second kappa shape index (κ2) is 8.50. The average Bonchev–Trinajstić information content (AvgIpc) is 3.23. The summed E-state index contributed by atoms with van der Waals surface area (Å²) in [6.45, 7) is 2.07. The lowest BCUT2D eigenvalue weighted by Gasteiger charge is -2.04. The highest BCUT2D eigenvalue weighted by Gasteiger charge is 2.12. The molecule has 0 bridgehead atoms. The second-order valence-corrected chi connectivity index (χ2v) is 8.12. The van der Waals surface area contributed by atoms with Crippen molar-refractivity contribution in [2.45, 2.75) is 22.7 Å². The zero-order valence-corrected chi connectivity index (χ0v) is 16.2. The van der Waals surface area contributed by atoms with Crippen LogP contribution in [0, 0.1) is 6.92 Å². The molecule has 0 aliphatic carbocycles. The van der Waals surface area contributed by atoms with Crippen LogP contribution in [-0.2, 0) is 17.6 Å². The molecule has 0 aliphatic rings. The predicted octanol–water partition coefficient (Wildman–Crippen LogP) is 3.60. The van der Waals surface area contributed by atoms with Crippen LogP contribution in [0.2, 0.25) is 0 Å². The van der Waals surface area contributed by atoms with E-state index in [0.717, 1.165) is 16.7 Å². The molecule has 6 nitrogen and oxygen atoms in total. The van der Waals surface area contributed by atoms with E-state index in [-0.39, 0.29) is 11.7 Å². The normalized spacial score (nSPS) is 10.8. The van der Waals surface area contributed by atoms with Gasteiger partial charge in [-0.25, -0.2) is 4.98 Å². The van der Waals surface area contributed by atoms with Crippen LogP contribution in [0.15, 0.2) is 45.9 Å². The van der Waals surface area contributed by atoms with Crippen LogP contribution in [0.5, 0.6) is 0 Å². The minimum absolute atomic E-state index is 0.0986. The molecule has 25 heavy (non-hydrogen) atoms. The zero-order valence-electron chi connectivity index (χ0n) is 13.8. The number of thioether (sulfide) groups is 2. The molecule has 0 unspecified atom stereocenters. The molecule has 0 saturated heterocycles. The molecule has 2 heterocycles. The van der Waals surface area contributed by atoms with Gasteiger partial charge in [0, 0.05) is 23.5 Å². The molecule has 0 saturated carbocycles. The van der Waals surface area contributed by atoms with Crippen molar-refractivity contribution in [1.29, 1.82) is 0 Å². The summed E-state index contributed by atoms with van der Waals surface area (Å²) >= 11 is 4.48. The standard InChI is InChI=1S/C16H17N5OS3/c1-11-3-5-12(6-4-11)24-9-13-19-20-16(21(13)2)25-10-14(22)18-15-17-7-8-23-15/h3-8H,9-10H2,1-2H3,(H,17,18,22). The van der Waals surface area contributed by atoms with Gasteiger partial charge in [-0.1, -0.05) is 29.5 Å². The van der Waals surface area contributed by atoms with Crippen molar-refractivity contribution in [1.82, 2.24) is 19.7 Å². The Morgan fingerprint density at radius 3 is 2.76 bits per heavy atom. The number of carbonyl (C=O) groups is 1. The van der Waals surface area contributed by atoms with Crippen molar-refractivity contribution in [3.8, 4) is 0 Å². The summed E-state index contributed by atoms with van der Waals surface area (Å²) in [6.07, 6.45) is 1.66. The molecule has 0 radical (unpaired) electrons. The molecule has 0 spiro atoms. The number of aromatic nitrogens is 4. The third-order valence-electron chi connectivity index (χ3n) is 3.33. The highest BCUT2D eigenvalue weighted by atomic mass is 32.2. The lowest BCUT2D eigenvalue weighted by Crippen LogP contribution is -2.14. The van der Waals surface area contributed by atoms with Crippen molar-refractivity contribution < 1.29 is 4.79 Å². The van der Waals surface area contributed by atoms with E-state index < -0.39 is 0 Å². The summed E-state index contributed by atoms with van der Waals surface area (Å²) in [6, 6.07) is 8.41. The molecule has 1 N–H and O–H groups in total. The zero-order chi connectivity index (χ0) is 17.6. The summed E-state index contributed by atoms with van der Waals surface area (Å²) in [7, 11) is 1.92. The molecule has 9 heteroatoms. The van der Waals surface area contributed by atoms with Gasteiger partial charge >= 0.3 is 0 Å². The van der Waals surface area contributed by atoms with Gasteiger partial charge in [0.25, 0.3) is 0 Å². The fraction of sp³-hybridized carbons (Fsp3) is 0.250. The van der Waals surface area contributed by atoms with Crippen molar-refractivity contribution in [2.75, 3.05) is 11.1 Å². The van der Waals surface area contributed by atoms with E-state index in [4.69, 9.17) is 0 Å². The van der Waals surface area contributed by atoms with Crippen LogP contribution in [0.1, 0.15) is 11.4 Å². The highest BCUT2D eigenvalue weighted by molar-refractivity contribution is 7.99. The maximum Gasteiger partial charge on any atom is 0.236 e. The molecule has 3 aromatic rings. The van der Waals surface area contributed by atoms with Gasteiger partial charge in [-0.3, -0.25) is 4.79 Å². The number of hydrogen-bond donors (Lipinski definition) is 1. The Morgan fingerprint density at radius 1 is 1.24 bits per heavy atom. The molecule has 130 valence electrons. The summed E-state index contributed by atoms with van der Waals surface area (Å²) < 4.78 is 1.93. The Hall–Kier alpha value is -1.84. The largest absolute Gasteiger partial charge is 0.308 e. The predicted molar refractivity (Wildman–Crippen MR) is 103 cm³/mol. The third kappa shape index (κ3) is 5.07. The number of nitrogens with zero attached hydrogens (tertiary/aromatic N) is 4. The monoisotopic (exact) mass is 391 g/mol. The van der Waals surface area contributed by atoms with E-state index in [2.05, 4.69) is 51.7 Å². The van der Waals surface area contributed by atoms with Crippen LogP contribution in [0.25, 0.3) is 0 Å². The minimum Gasteiger partial charge on any atom is -0.308 e. The van der Waals surface area contributed by atoms with Gasteiger partial charge in [0.1, 0.15) is 5.82 Å². The number of nitrogens with one attached hydrogen (secondary N) is 1. The lowest BCUT2D eigenvalue weighted by atomic mass is 10.2. The Labute approximate surface area is 158 Å². The fourth-order valence-electron chi connectivity index (χ4n) is 1.95. The summed E-state index contributed by atoms with van der Waals surface area (Å²) in [4.78, 5) is 17.1. The van der Waals surface area contributed by atoms with E-state index >= 15 is 0 Å². The first kappa shape index (κ1) is 18.0. The van der Waals surface area contributed by atoms with Crippen molar-refractivity contribution in [3.63, 3.8) is 0 Å². The van der Waals surface area contributed by atoms with Gasteiger partial charge in [0.15, 0.2) is 10.3 Å². The first-order chi connectivity index (χ1) is 12.1. The number of amides is 1. The van der Waals surface area contributed by atoms with Gasteiger partial charge in [-0.2, -0.15) is 0 Å². The molecule has 0 fully saturated rings. The van der Waals surface area contributed by atoms with Gasteiger partial charge in [0.05, 0.1) is 11.5 Å². The van der Waals surface area contributed by atoms with E-state index in [0.29, 0.717) is 5.13 Å². The molecule has 3 rings (SSSR count). The van der Waals surface area contributed by atoms with Gasteiger partial charge in [0.2, 0.25) is 5.91 Å². The van der Waals surface area contributed by atoms with Crippen molar-refractivity contribution >= 4 is 45.9 Å². The molecule has 0 aliphatic heterocycles. The number of rotatable bonds is 7. The molecular formula is C16H17N5OS3. The number of anilines is 1. The summed E-state index contributed by atoms with van der Waals surface area (Å²) in [5, 5.41) is 14.3. The average molecular weight is 392 g/mol. The molecular weight excluding hydrogens is 374 g/mol. The van der Waals surface area contributed by atoms with Crippen molar-refractivity contribution in [2.24, 2.45) is 7.05 Å². The third-order valence-corrected chi connectivity index (χ3v) is 6.04. The van der Waals surface area contributed by atoms with Gasteiger partial charge in [-0.05, 0) is 19.1 Å². The molecule has 2 aromatic heterocycles. The van der Waals surface area contributed by atoms with Crippen LogP contribution in [0.3, 0.4) is 0 Å². The lowest BCUT2D eigenvalue weighted by molar-refractivity contribution is -0.113. The number of thiazole rings is 1. The van der Waals surface area contributed by atoms with Crippen LogP contribution < -0.4 is 5.32 Å². The topological polar surface area (TPSA) is 72.7 Å². The van der Waals surface area contributed by atoms with E-state index in [9.17, 15) is 4.79 Å². The summed E-state index contributed by atoms with van der Waals surface area (Å²) in [5.41, 5.74) is 1.25. The quantitative estimate of drug-likeness (QED) is 0.621. The first-order valence-electron chi connectivity index (χ1n) is 7.51. The Balaban J connectivity index is 1.52. The van der Waals surface area contributed by atoms with Crippen molar-refractivity contribution in [3.05, 3.63) is 47.2 Å². The minimum atomic E-state index is -0.0986. The number of benzene rings is 1. The highest BCUT2D eigenvalue weighted by Crippen LogP contribution is 2.24.